The van der Waals surface area contributed by atoms with Crippen molar-refractivity contribution in [1.82, 2.24) is 19.7 Å². The Labute approximate surface area is 123 Å². The Hall–Kier alpha value is -2.21. The lowest BCUT2D eigenvalue weighted by Crippen LogP contribution is -2.41. The topological polar surface area (TPSA) is 77.0 Å². The zero-order chi connectivity index (χ0) is 14.7. The Kier molecular flexibility index (Phi) is 3.96. The normalized spacial score (nSPS) is 19.0. The van der Waals surface area contributed by atoms with Crippen LogP contribution in [0.4, 0.5) is 0 Å². The summed E-state index contributed by atoms with van der Waals surface area (Å²) in [5.41, 5.74) is 6.49. The van der Waals surface area contributed by atoms with Crippen molar-refractivity contribution in [2.75, 3.05) is 13.1 Å². The standard InChI is InChI=1S/C15H19N5O/c16-15(21)13-7-4-9-19(13)10-8-14-18-17-11-20(14)12-5-2-1-3-6-12/h1-3,5-6,11,13H,4,7-10H2,(H2,16,21). The fourth-order valence-corrected chi connectivity index (χ4v) is 2.89. The molecule has 1 aliphatic heterocycles. The van der Waals surface area contributed by atoms with Crippen molar-refractivity contribution in [2.45, 2.75) is 25.3 Å². The van der Waals surface area contributed by atoms with Crippen LogP contribution in [0.1, 0.15) is 18.7 Å². The second kappa shape index (κ2) is 6.05. The second-order valence-corrected chi connectivity index (χ2v) is 5.30. The maximum absolute atomic E-state index is 11.4. The van der Waals surface area contributed by atoms with Crippen LogP contribution in [0.15, 0.2) is 36.7 Å². The third-order valence-corrected chi connectivity index (χ3v) is 3.97. The van der Waals surface area contributed by atoms with E-state index in [4.69, 9.17) is 5.73 Å². The molecular formula is C15H19N5O. The van der Waals surface area contributed by atoms with Crippen LogP contribution in [-0.2, 0) is 11.2 Å². The first-order chi connectivity index (χ1) is 10.3. The van der Waals surface area contributed by atoms with Gasteiger partial charge in [0.2, 0.25) is 5.91 Å². The summed E-state index contributed by atoms with van der Waals surface area (Å²) in [4.78, 5) is 13.6. The summed E-state index contributed by atoms with van der Waals surface area (Å²) in [7, 11) is 0. The highest BCUT2D eigenvalue weighted by Crippen LogP contribution is 2.17. The third kappa shape index (κ3) is 2.95. The van der Waals surface area contributed by atoms with Crippen molar-refractivity contribution < 1.29 is 4.79 Å². The van der Waals surface area contributed by atoms with Gasteiger partial charge in [-0.2, -0.15) is 0 Å². The number of benzene rings is 1. The number of nitrogens with two attached hydrogens (primary N) is 1. The quantitative estimate of drug-likeness (QED) is 0.880. The van der Waals surface area contributed by atoms with E-state index in [0.29, 0.717) is 0 Å². The van der Waals surface area contributed by atoms with Crippen molar-refractivity contribution >= 4 is 5.91 Å². The van der Waals surface area contributed by atoms with Crippen LogP contribution in [0.5, 0.6) is 0 Å². The molecule has 1 fully saturated rings. The Balaban J connectivity index is 1.69. The number of rotatable bonds is 5. The zero-order valence-corrected chi connectivity index (χ0v) is 11.9. The molecule has 2 aromatic rings. The van der Waals surface area contributed by atoms with Crippen molar-refractivity contribution in [3.8, 4) is 5.69 Å². The van der Waals surface area contributed by atoms with Crippen LogP contribution in [0.25, 0.3) is 5.69 Å². The summed E-state index contributed by atoms with van der Waals surface area (Å²) in [6.07, 6.45) is 4.36. The lowest BCUT2D eigenvalue weighted by atomic mass is 10.2. The van der Waals surface area contributed by atoms with E-state index in [0.717, 1.165) is 43.9 Å². The molecule has 1 amide bonds. The molecule has 0 saturated carbocycles. The minimum absolute atomic E-state index is 0.127. The molecule has 3 rings (SSSR count). The molecule has 0 spiro atoms. The highest BCUT2D eigenvalue weighted by Gasteiger charge is 2.28. The van der Waals surface area contributed by atoms with Crippen LogP contribution < -0.4 is 5.73 Å². The smallest absolute Gasteiger partial charge is 0.234 e. The number of aromatic nitrogens is 3. The number of para-hydroxylation sites is 1. The summed E-state index contributed by atoms with van der Waals surface area (Å²) >= 11 is 0. The molecule has 0 bridgehead atoms. The van der Waals surface area contributed by atoms with E-state index in [1.807, 2.05) is 34.9 Å². The number of nitrogens with zero attached hydrogens (tertiary/aromatic N) is 4. The summed E-state index contributed by atoms with van der Waals surface area (Å²) in [5, 5.41) is 8.19. The van der Waals surface area contributed by atoms with Crippen molar-refractivity contribution in [3.63, 3.8) is 0 Å². The fourth-order valence-electron chi connectivity index (χ4n) is 2.89. The summed E-state index contributed by atoms with van der Waals surface area (Å²) in [6, 6.07) is 9.88. The molecule has 110 valence electrons. The number of carbonyl (C=O) groups excluding carboxylic acids is 1. The first-order valence-electron chi connectivity index (χ1n) is 7.23. The molecule has 1 aromatic heterocycles. The molecule has 21 heavy (non-hydrogen) atoms. The number of amides is 1. The number of primary amides is 1. The Morgan fingerprint density at radius 1 is 1.33 bits per heavy atom. The number of likely N-dealkylation sites (tertiary alicyclic amines) is 1. The van der Waals surface area contributed by atoms with Gasteiger partial charge in [0, 0.05) is 18.7 Å². The molecule has 0 radical (unpaired) electrons. The highest BCUT2D eigenvalue weighted by atomic mass is 16.1. The van der Waals surface area contributed by atoms with Crippen molar-refractivity contribution in [3.05, 3.63) is 42.5 Å². The average molecular weight is 285 g/mol. The SMILES string of the molecule is NC(=O)C1CCCN1CCc1nncn1-c1ccccc1. The molecule has 1 aromatic carbocycles. The van der Waals surface area contributed by atoms with E-state index in [-0.39, 0.29) is 11.9 Å². The third-order valence-electron chi connectivity index (χ3n) is 3.97. The molecule has 1 aliphatic rings. The van der Waals surface area contributed by atoms with Gasteiger partial charge in [0.05, 0.1) is 6.04 Å². The van der Waals surface area contributed by atoms with Crippen molar-refractivity contribution in [1.29, 1.82) is 0 Å². The lowest BCUT2D eigenvalue weighted by molar-refractivity contribution is -0.122. The van der Waals surface area contributed by atoms with E-state index in [1.165, 1.54) is 0 Å². The van der Waals surface area contributed by atoms with E-state index < -0.39 is 0 Å². The van der Waals surface area contributed by atoms with Gasteiger partial charge in [-0.1, -0.05) is 18.2 Å². The van der Waals surface area contributed by atoms with Gasteiger partial charge >= 0.3 is 0 Å². The Bertz CT molecular complexity index is 610. The van der Waals surface area contributed by atoms with Gasteiger partial charge in [0.1, 0.15) is 12.2 Å². The largest absolute Gasteiger partial charge is 0.368 e. The summed E-state index contributed by atoms with van der Waals surface area (Å²) in [6.45, 7) is 1.70. The fraction of sp³-hybridized carbons (Fsp3) is 0.400. The first-order valence-corrected chi connectivity index (χ1v) is 7.23. The van der Waals surface area contributed by atoms with Gasteiger partial charge in [-0.3, -0.25) is 14.3 Å². The second-order valence-electron chi connectivity index (χ2n) is 5.30. The van der Waals surface area contributed by atoms with Crippen molar-refractivity contribution in [2.24, 2.45) is 5.73 Å². The molecular weight excluding hydrogens is 266 g/mol. The summed E-state index contributed by atoms with van der Waals surface area (Å²) < 4.78 is 1.98. The minimum atomic E-state index is -0.225. The van der Waals surface area contributed by atoms with Crippen LogP contribution >= 0.6 is 0 Å². The van der Waals surface area contributed by atoms with Crippen LogP contribution in [0, 0.1) is 0 Å². The lowest BCUT2D eigenvalue weighted by Gasteiger charge is -2.21. The van der Waals surface area contributed by atoms with E-state index in [9.17, 15) is 4.79 Å². The van der Waals surface area contributed by atoms with Gasteiger partial charge in [-0.05, 0) is 31.5 Å². The highest BCUT2D eigenvalue weighted by molar-refractivity contribution is 5.80. The molecule has 2 heterocycles. The minimum Gasteiger partial charge on any atom is -0.368 e. The number of hydrogen-bond acceptors (Lipinski definition) is 4. The van der Waals surface area contributed by atoms with Gasteiger partial charge < -0.3 is 5.73 Å². The van der Waals surface area contributed by atoms with Crippen LogP contribution in [-0.4, -0.2) is 44.7 Å². The maximum Gasteiger partial charge on any atom is 0.234 e. The van der Waals surface area contributed by atoms with E-state index >= 15 is 0 Å². The van der Waals surface area contributed by atoms with Gasteiger partial charge in [0.25, 0.3) is 0 Å². The molecule has 6 heteroatoms. The molecule has 2 N–H and O–H groups in total. The van der Waals surface area contributed by atoms with Gasteiger partial charge in [-0.25, -0.2) is 0 Å². The Morgan fingerprint density at radius 2 is 2.14 bits per heavy atom. The maximum atomic E-state index is 11.4. The number of hydrogen-bond donors (Lipinski definition) is 1. The van der Waals surface area contributed by atoms with Gasteiger partial charge in [0.15, 0.2) is 0 Å². The molecule has 1 atom stereocenters. The van der Waals surface area contributed by atoms with Gasteiger partial charge in [-0.15, -0.1) is 10.2 Å². The predicted molar refractivity (Wildman–Crippen MR) is 78.9 cm³/mol. The van der Waals surface area contributed by atoms with E-state index in [2.05, 4.69) is 15.1 Å². The molecule has 1 unspecified atom stereocenters. The average Bonchev–Trinajstić information content (AvgIpc) is 3.15. The zero-order valence-electron chi connectivity index (χ0n) is 11.9. The monoisotopic (exact) mass is 285 g/mol. The molecule has 0 aliphatic carbocycles. The Morgan fingerprint density at radius 3 is 2.90 bits per heavy atom. The molecule has 6 nitrogen and oxygen atoms in total. The summed E-state index contributed by atoms with van der Waals surface area (Å²) in [5.74, 6) is 0.674. The van der Waals surface area contributed by atoms with Crippen LogP contribution in [0.2, 0.25) is 0 Å². The predicted octanol–water partition coefficient (Wildman–Crippen LogP) is 0.760. The number of carbonyl (C=O) groups is 1. The first kappa shape index (κ1) is 13.8. The van der Waals surface area contributed by atoms with Crippen LogP contribution in [0.3, 0.4) is 0 Å². The molecule has 1 saturated heterocycles. The van der Waals surface area contributed by atoms with E-state index in [1.54, 1.807) is 6.33 Å².